The Morgan fingerprint density at radius 2 is 2.28 bits per heavy atom. The second kappa shape index (κ2) is 5.19. The summed E-state index contributed by atoms with van der Waals surface area (Å²) in [5.41, 5.74) is 1.73. The second-order valence-electron chi connectivity index (χ2n) is 3.64. The van der Waals surface area contributed by atoms with Gasteiger partial charge in [-0.15, -0.1) is 6.42 Å². The van der Waals surface area contributed by atoms with Crippen molar-refractivity contribution in [2.45, 2.75) is 6.92 Å². The van der Waals surface area contributed by atoms with Crippen molar-refractivity contribution < 1.29 is 14.4 Å². The van der Waals surface area contributed by atoms with Gasteiger partial charge in [0.05, 0.1) is 11.3 Å². The Morgan fingerprint density at radius 3 is 2.94 bits per heavy atom. The van der Waals surface area contributed by atoms with Gasteiger partial charge in [0.25, 0.3) is 0 Å². The fourth-order valence-electron chi connectivity index (χ4n) is 1.53. The summed E-state index contributed by atoms with van der Waals surface area (Å²) in [6.07, 6.45) is 6.83. The van der Waals surface area contributed by atoms with Crippen LogP contribution in [0.5, 0.6) is 5.75 Å². The van der Waals surface area contributed by atoms with E-state index in [0.717, 1.165) is 5.56 Å². The van der Waals surface area contributed by atoms with E-state index in [0.29, 0.717) is 17.0 Å². The molecule has 2 rings (SSSR count). The van der Waals surface area contributed by atoms with E-state index in [9.17, 15) is 4.79 Å². The molecule has 0 amide bonds. The van der Waals surface area contributed by atoms with Gasteiger partial charge in [-0.1, -0.05) is 29.3 Å². The zero-order valence-corrected chi connectivity index (χ0v) is 9.84. The van der Waals surface area contributed by atoms with Gasteiger partial charge in [-0.2, -0.15) is 0 Å². The van der Waals surface area contributed by atoms with Crippen LogP contribution in [0.25, 0.3) is 6.08 Å². The van der Waals surface area contributed by atoms with Gasteiger partial charge >= 0.3 is 5.97 Å². The zero-order valence-electron chi connectivity index (χ0n) is 9.84. The van der Waals surface area contributed by atoms with E-state index in [-0.39, 0.29) is 6.61 Å². The van der Waals surface area contributed by atoms with E-state index in [1.54, 1.807) is 19.1 Å². The lowest BCUT2D eigenvalue weighted by Gasteiger charge is -2.06. The first-order valence-corrected chi connectivity index (χ1v) is 5.35. The second-order valence-corrected chi connectivity index (χ2v) is 3.64. The Hall–Kier alpha value is -2.54. The van der Waals surface area contributed by atoms with Crippen LogP contribution in [0, 0.1) is 12.3 Å². The molecule has 1 aromatic rings. The largest absolute Gasteiger partial charge is 0.480 e. The fourth-order valence-corrected chi connectivity index (χ4v) is 1.53. The van der Waals surface area contributed by atoms with Gasteiger partial charge < -0.3 is 9.57 Å². The van der Waals surface area contributed by atoms with Crippen LogP contribution in [0.2, 0.25) is 0 Å². The third-order valence-electron chi connectivity index (χ3n) is 2.41. The number of carbonyl (C=O) groups is 1. The Labute approximate surface area is 105 Å². The number of oxime groups is 1. The molecule has 0 unspecified atom stereocenters. The molecule has 0 spiro atoms. The van der Waals surface area contributed by atoms with Crippen molar-refractivity contribution in [1.29, 1.82) is 0 Å². The van der Waals surface area contributed by atoms with Crippen molar-refractivity contribution >= 4 is 17.8 Å². The molecule has 0 N–H and O–H groups in total. The van der Waals surface area contributed by atoms with Gasteiger partial charge in [-0.25, -0.2) is 4.79 Å². The number of rotatable bonds is 3. The summed E-state index contributed by atoms with van der Waals surface area (Å²) >= 11 is 0. The van der Waals surface area contributed by atoms with Crippen LogP contribution in [0.3, 0.4) is 0 Å². The molecule has 0 radical (unpaired) electrons. The van der Waals surface area contributed by atoms with Crippen LogP contribution in [-0.2, 0) is 9.63 Å². The highest BCUT2D eigenvalue weighted by Crippen LogP contribution is 2.23. The molecule has 90 valence electrons. The van der Waals surface area contributed by atoms with E-state index >= 15 is 0 Å². The number of para-hydroxylation sites is 1. The predicted molar refractivity (Wildman–Crippen MR) is 67.9 cm³/mol. The molecule has 0 saturated heterocycles. The SMILES string of the molecule is C#CCOc1ccccc1/C=C1/C(=O)ON=C1C. The van der Waals surface area contributed by atoms with Crippen LogP contribution < -0.4 is 4.74 Å². The minimum absolute atomic E-state index is 0.178. The van der Waals surface area contributed by atoms with E-state index in [4.69, 9.17) is 11.2 Å². The maximum atomic E-state index is 11.4. The minimum atomic E-state index is -0.459. The molecule has 0 aliphatic carbocycles. The van der Waals surface area contributed by atoms with Crippen molar-refractivity contribution in [3.63, 3.8) is 0 Å². The lowest BCUT2D eigenvalue weighted by Crippen LogP contribution is -2.02. The minimum Gasteiger partial charge on any atom is -0.480 e. The molecule has 18 heavy (non-hydrogen) atoms. The summed E-state index contributed by atoms with van der Waals surface area (Å²) in [6, 6.07) is 7.30. The smallest absolute Gasteiger partial charge is 0.367 e. The highest BCUT2D eigenvalue weighted by atomic mass is 16.7. The number of carbonyl (C=O) groups excluding carboxylic acids is 1. The number of hydrogen-bond acceptors (Lipinski definition) is 4. The molecular formula is C14H11NO3. The Bertz CT molecular complexity index is 579. The molecular weight excluding hydrogens is 230 g/mol. The molecule has 0 bridgehead atoms. The highest BCUT2D eigenvalue weighted by Gasteiger charge is 2.22. The summed E-state index contributed by atoms with van der Waals surface area (Å²) in [6.45, 7) is 1.89. The Morgan fingerprint density at radius 1 is 1.50 bits per heavy atom. The van der Waals surface area contributed by atoms with Crippen LogP contribution in [0.15, 0.2) is 35.0 Å². The number of nitrogens with zero attached hydrogens (tertiary/aromatic N) is 1. The highest BCUT2D eigenvalue weighted by molar-refractivity contribution is 6.24. The molecule has 0 atom stereocenters. The maximum absolute atomic E-state index is 11.4. The standard InChI is InChI=1S/C14H11NO3/c1-3-8-17-13-7-5-4-6-11(13)9-12-10(2)15-18-14(12)16/h1,4-7,9H,8H2,2H3/b12-9+. The molecule has 4 nitrogen and oxygen atoms in total. The molecule has 1 aromatic carbocycles. The molecule has 1 aliphatic rings. The molecule has 4 heteroatoms. The van der Waals surface area contributed by atoms with Gasteiger partial charge in [0.15, 0.2) is 0 Å². The lowest BCUT2D eigenvalue weighted by molar-refractivity contribution is -0.136. The van der Waals surface area contributed by atoms with Crippen molar-refractivity contribution in [1.82, 2.24) is 0 Å². The normalized spacial score (nSPS) is 16.1. The molecule has 0 saturated carbocycles. The summed E-state index contributed by atoms with van der Waals surface area (Å²) in [5.74, 6) is 2.56. The Balaban J connectivity index is 2.34. The molecule has 1 heterocycles. The summed E-state index contributed by atoms with van der Waals surface area (Å²) in [4.78, 5) is 16.0. The molecule has 1 aliphatic heterocycles. The van der Waals surface area contributed by atoms with Gasteiger partial charge in [-0.05, 0) is 19.1 Å². The first-order valence-electron chi connectivity index (χ1n) is 5.35. The average molecular weight is 241 g/mol. The monoisotopic (exact) mass is 241 g/mol. The number of terminal acetylenes is 1. The van der Waals surface area contributed by atoms with E-state index in [2.05, 4.69) is 15.9 Å². The first-order chi connectivity index (χ1) is 8.72. The summed E-state index contributed by atoms with van der Waals surface area (Å²) < 4.78 is 5.39. The van der Waals surface area contributed by atoms with Crippen molar-refractivity contribution in [3.05, 3.63) is 35.4 Å². The van der Waals surface area contributed by atoms with Crippen LogP contribution >= 0.6 is 0 Å². The van der Waals surface area contributed by atoms with Crippen LogP contribution in [0.1, 0.15) is 12.5 Å². The van der Waals surface area contributed by atoms with Crippen LogP contribution in [0.4, 0.5) is 0 Å². The molecule has 0 aromatic heterocycles. The third-order valence-corrected chi connectivity index (χ3v) is 2.41. The maximum Gasteiger partial charge on any atom is 0.367 e. The topological polar surface area (TPSA) is 47.9 Å². The van der Waals surface area contributed by atoms with Gasteiger partial charge in [0.1, 0.15) is 12.4 Å². The van der Waals surface area contributed by atoms with Gasteiger partial charge in [0.2, 0.25) is 0 Å². The predicted octanol–water partition coefficient (Wildman–Crippen LogP) is 2.01. The zero-order chi connectivity index (χ0) is 13.0. The van der Waals surface area contributed by atoms with Gasteiger partial charge in [0, 0.05) is 5.56 Å². The number of ether oxygens (including phenoxy) is 1. The summed E-state index contributed by atoms with van der Waals surface area (Å²) in [5, 5.41) is 3.61. The van der Waals surface area contributed by atoms with Crippen molar-refractivity contribution in [2.24, 2.45) is 5.16 Å². The Kier molecular flexibility index (Phi) is 3.44. The first kappa shape index (κ1) is 11.9. The van der Waals surface area contributed by atoms with E-state index in [1.807, 2.05) is 18.2 Å². The summed E-state index contributed by atoms with van der Waals surface area (Å²) in [7, 11) is 0. The van der Waals surface area contributed by atoms with Crippen LogP contribution in [-0.4, -0.2) is 18.3 Å². The third kappa shape index (κ3) is 2.41. The molecule has 0 fully saturated rings. The quantitative estimate of drug-likeness (QED) is 0.462. The average Bonchev–Trinajstić information content (AvgIpc) is 2.69. The lowest BCUT2D eigenvalue weighted by atomic mass is 10.1. The van der Waals surface area contributed by atoms with E-state index in [1.165, 1.54) is 0 Å². The number of benzene rings is 1. The van der Waals surface area contributed by atoms with Gasteiger partial charge in [-0.3, -0.25) is 0 Å². The number of hydrogen-bond donors (Lipinski definition) is 0. The van der Waals surface area contributed by atoms with Crippen molar-refractivity contribution in [3.8, 4) is 18.1 Å². The van der Waals surface area contributed by atoms with Crippen molar-refractivity contribution in [2.75, 3.05) is 6.61 Å². The van der Waals surface area contributed by atoms with E-state index < -0.39 is 5.97 Å². The fraction of sp³-hybridized carbons (Fsp3) is 0.143.